The van der Waals surface area contributed by atoms with Gasteiger partial charge in [0.1, 0.15) is 0 Å². The SMILES string of the molecule is C/C=C/C(=O)C=Cc1ccccc1. The fourth-order valence-electron chi connectivity index (χ4n) is 0.962. The molecule has 0 amide bonds. The first-order valence-electron chi connectivity index (χ1n) is 4.22. The molecule has 0 aliphatic rings. The first kappa shape index (κ1) is 9.46. The molecule has 0 saturated heterocycles. The van der Waals surface area contributed by atoms with E-state index in [1.165, 1.54) is 0 Å². The number of hydrogen-bond donors (Lipinski definition) is 0. The molecule has 1 nitrogen and oxygen atoms in total. The Hall–Kier alpha value is -1.63. The Bertz CT molecular complexity index is 320. The maximum absolute atomic E-state index is 11.0. The number of hydrogen-bond acceptors (Lipinski definition) is 1. The predicted molar refractivity (Wildman–Crippen MR) is 55.3 cm³/mol. The van der Waals surface area contributed by atoms with E-state index >= 15 is 0 Å². The maximum Gasteiger partial charge on any atom is 0.178 e. The van der Waals surface area contributed by atoms with Crippen molar-refractivity contribution < 1.29 is 4.79 Å². The monoisotopic (exact) mass is 172 g/mol. The van der Waals surface area contributed by atoms with Crippen LogP contribution in [0.4, 0.5) is 0 Å². The molecular weight excluding hydrogens is 160 g/mol. The van der Waals surface area contributed by atoms with E-state index in [0.29, 0.717) is 0 Å². The molecule has 0 N–H and O–H groups in total. The average Bonchev–Trinajstić information content (AvgIpc) is 2.17. The van der Waals surface area contributed by atoms with Crippen molar-refractivity contribution in [2.24, 2.45) is 0 Å². The first-order chi connectivity index (χ1) is 6.33. The van der Waals surface area contributed by atoms with E-state index in [9.17, 15) is 4.79 Å². The molecule has 1 rings (SSSR count). The number of allylic oxidation sites excluding steroid dienone is 3. The summed E-state index contributed by atoms with van der Waals surface area (Å²) in [5.74, 6) is 0.0198. The zero-order chi connectivity index (χ0) is 9.52. The first-order valence-corrected chi connectivity index (χ1v) is 4.22. The van der Waals surface area contributed by atoms with Crippen LogP contribution in [0.1, 0.15) is 12.5 Å². The number of carbonyl (C=O) groups is 1. The van der Waals surface area contributed by atoms with Gasteiger partial charge in [-0.3, -0.25) is 4.79 Å². The molecule has 0 bridgehead atoms. The molecular formula is C12H12O. The van der Waals surface area contributed by atoms with Crippen molar-refractivity contribution in [3.63, 3.8) is 0 Å². The highest BCUT2D eigenvalue weighted by atomic mass is 16.1. The number of carbonyl (C=O) groups excluding carboxylic acids is 1. The van der Waals surface area contributed by atoms with E-state index in [-0.39, 0.29) is 5.78 Å². The number of benzene rings is 1. The molecule has 1 aromatic carbocycles. The summed E-state index contributed by atoms with van der Waals surface area (Å²) in [4.78, 5) is 11.0. The fourth-order valence-corrected chi connectivity index (χ4v) is 0.962. The van der Waals surface area contributed by atoms with E-state index in [1.54, 1.807) is 18.2 Å². The molecule has 0 aliphatic heterocycles. The van der Waals surface area contributed by atoms with Gasteiger partial charge in [-0.05, 0) is 24.6 Å². The lowest BCUT2D eigenvalue weighted by molar-refractivity contribution is -0.110. The third-order valence-electron chi connectivity index (χ3n) is 1.57. The van der Waals surface area contributed by atoms with E-state index in [2.05, 4.69) is 0 Å². The van der Waals surface area contributed by atoms with Gasteiger partial charge in [-0.2, -0.15) is 0 Å². The number of ketones is 1. The van der Waals surface area contributed by atoms with Crippen LogP contribution in [-0.4, -0.2) is 5.78 Å². The zero-order valence-corrected chi connectivity index (χ0v) is 7.60. The molecule has 1 aromatic rings. The second-order valence-electron chi connectivity index (χ2n) is 2.65. The van der Waals surface area contributed by atoms with Crippen LogP contribution in [0.25, 0.3) is 6.08 Å². The van der Waals surface area contributed by atoms with Gasteiger partial charge in [0.2, 0.25) is 0 Å². The van der Waals surface area contributed by atoms with Crippen LogP contribution in [0.2, 0.25) is 0 Å². The minimum absolute atomic E-state index is 0.0198. The Morgan fingerprint density at radius 2 is 1.85 bits per heavy atom. The Morgan fingerprint density at radius 3 is 2.46 bits per heavy atom. The summed E-state index contributed by atoms with van der Waals surface area (Å²) in [5, 5.41) is 0. The molecule has 13 heavy (non-hydrogen) atoms. The van der Waals surface area contributed by atoms with E-state index in [4.69, 9.17) is 0 Å². The largest absolute Gasteiger partial charge is 0.290 e. The van der Waals surface area contributed by atoms with Gasteiger partial charge in [-0.1, -0.05) is 42.5 Å². The second-order valence-corrected chi connectivity index (χ2v) is 2.65. The van der Waals surface area contributed by atoms with Crippen LogP contribution in [0.3, 0.4) is 0 Å². The Morgan fingerprint density at radius 1 is 1.15 bits per heavy atom. The van der Waals surface area contributed by atoms with Crippen molar-refractivity contribution in [1.82, 2.24) is 0 Å². The van der Waals surface area contributed by atoms with Gasteiger partial charge in [-0.15, -0.1) is 0 Å². The molecule has 0 fully saturated rings. The van der Waals surface area contributed by atoms with Crippen molar-refractivity contribution in [1.29, 1.82) is 0 Å². The topological polar surface area (TPSA) is 17.1 Å². The van der Waals surface area contributed by atoms with E-state index in [1.807, 2.05) is 43.3 Å². The molecule has 0 spiro atoms. The molecule has 0 heterocycles. The summed E-state index contributed by atoms with van der Waals surface area (Å²) in [6.07, 6.45) is 6.65. The lowest BCUT2D eigenvalue weighted by atomic mass is 10.2. The molecule has 0 aliphatic carbocycles. The highest BCUT2D eigenvalue weighted by Crippen LogP contribution is 2.00. The van der Waals surface area contributed by atoms with Crippen LogP contribution < -0.4 is 0 Å². The Kier molecular flexibility index (Phi) is 3.71. The van der Waals surface area contributed by atoms with E-state index in [0.717, 1.165) is 5.56 Å². The Labute approximate surface area is 78.4 Å². The van der Waals surface area contributed by atoms with Gasteiger partial charge < -0.3 is 0 Å². The van der Waals surface area contributed by atoms with Crippen LogP contribution in [0.5, 0.6) is 0 Å². The lowest BCUT2D eigenvalue weighted by Crippen LogP contribution is -1.83. The molecule has 66 valence electrons. The van der Waals surface area contributed by atoms with Gasteiger partial charge in [0.05, 0.1) is 0 Å². The Balaban J connectivity index is 2.64. The van der Waals surface area contributed by atoms with Crippen molar-refractivity contribution in [3.8, 4) is 0 Å². The third-order valence-corrected chi connectivity index (χ3v) is 1.57. The molecule has 0 atom stereocenters. The summed E-state index contributed by atoms with van der Waals surface area (Å²) in [5.41, 5.74) is 1.04. The minimum atomic E-state index is 0.0198. The second kappa shape index (κ2) is 5.09. The van der Waals surface area contributed by atoms with Gasteiger partial charge >= 0.3 is 0 Å². The summed E-state index contributed by atoms with van der Waals surface area (Å²) in [6.45, 7) is 1.83. The predicted octanol–water partition coefficient (Wildman–Crippen LogP) is 2.85. The zero-order valence-electron chi connectivity index (χ0n) is 7.60. The van der Waals surface area contributed by atoms with Crippen molar-refractivity contribution in [3.05, 3.63) is 54.1 Å². The molecule has 0 unspecified atom stereocenters. The highest BCUT2D eigenvalue weighted by Gasteiger charge is 1.87. The molecule has 1 heteroatoms. The smallest absolute Gasteiger partial charge is 0.178 e. The minimum Gasteiger partial charge on any atom is -0.290 e. The molecule has 0 aromatic heterocycles. The summed E-state index contributed by atoms with van der Waals surface area (Å²) in [7, 11) is 0. The van der Waals surface area contributed by atoms with Crippen LogP contribution in [0, 0.1) is 0 Å². The highest BCUT2D eigenvalue weighted by molar-refractivity contribution is 6.01. The van der Waals surface area contributed by atoms with Gasteiger partial charge in [-0.25, -0.2) is 0 Å². The third kappa shape index (κ3) is 3.52. The molecule has 0 saturated carbocycles. The van der Waals surface area contributed by atoms with E-state index < -0.39 is 0 Å². The quantitative estimate of drug-likeness (QED) is 0.641. The summed E-state index contributed by atoms with van der Waals surface area (Å²) >= 11 is 0. The number of rotatable bonds is 3. The standard InChI is InChI=1S/C12H12O/c1-2-6-12(13)10-9-11-7-4-3-5-8-11/h2-10H,1H3/b6-2+,10-9?. The van der Waals surface area contributed by atoms with Crippen molar-refractivity contribution >= 4 is 11.9 Å². The van der Waals surface area contributed by atoms with Gasteiger partial charge in [0, 0.05) is 0 Å². The summed E-state index contributed by atoms with van der Waals surface area (Å²) in [6, 6.07) is 9.75. The van der Waals surface area contributed by atoms with Gasteiger partial charge in [0.15, 0.2) is 5.78 Å². The normalized spacial score (nSPS) is 11.2. The maximum atomic E-state index is 11.0. The van der Waals surface area contributed by atoms with Gasteiger partial charge in [0.25, 0.3) is 0 Å². The average molecular weight is 172 g/mol. The van der Waals surface area contributed by atoms with Crippen LogP contribution >= 0.6 is 0 Å². The fraction of sp³-hybridized carbons (Fsp3) is 0.0833. The van der Waals surface area contributed by atoms with Crippen molar-refractivity contribution in [2.75, 3.05) is 0 Å². The van der Waals surface area contributed by atoms with Crippen LogP contribution in [0.15, 0.2) is 48.6 Å². The molecule has 0 radical (unpaired) electrons. The van der Waals surface area contributed by atoms with Crippen LogP contribution in [-0.2, 0) is 4.79 Å². The van der Waals surface area contributed by atoms with Crippen molar-refractivity contribution in [2.45, 2.75) is 6.92 Å². The lowest BCUT2D eigenvalue weighted by Gasteiger charge is -1.88. The summed E-state index contributed by atoms with van der Waals surface area (Å²) < 4.78 is 0.